The molecular formula is C16H15ClN2O3. The predicted molar refractivity (Wildman–Crippen MR) is 86.0 cm³/mol. The highest BCUT2D eigenvalue weighted by atomic mass is 35.5. The molecule has 3 N–H and O–H groups in total. The third kappa shape index (κ3) is 3.77. The van der Waals surface area contributed by atoms with E-state index in [1.807, 2.05) is 6.07 Å². The van der Waals surface area contributed by atoms with Crippen molar-refractivity contribution in [1.82, 2.24) is 0 Å². The summed E-state index contributed by atoms with van der Waals surface area (Å²) in [6, 6.07) is 11.6. The number of anilines is 2. The van der Waals surface area contributed by atoms with Crippen LogP contribution in [0.3, 0.4) is 0 Å². The van der Waals surface area contributed by atoms with Gasteiger partial charge in [0, 0.05) is 5.69 Å². The van der Waals surface area contributed by atoms with E-state index in [2.05, 4.69) is 10.1 Å². The van der Waals surface area contributed by atoms with E-state index < -0.39 is 5.97 Å². The normalized spacial score (nSPS) is 10.1. The van der Waals surface area contributed by atoms with Crippen LogP contribution in [0, 0.1) is 0 Å². The van der Waals surface area contributed by atoms with Crippen molar-refractivity contribution >= 4 is 34.9 Å². The second kappa shape index (κ2) is 6.95. The lowest BCUT2D eigenvalue weighted by Gasteiger charge is -2.10. The van der Waals surface area contributed by atoms with Gasteiger partial charge in [-0.2, -0.15) is 0 Å². The Morgan fingerprint density at radius 2 is 1.95 bits per heavy atom. The van der Waals surface area contributed by atoms with Crippen LogP contribution in [0.15, 0.2) is 42.5 Å². The Balaban J connectivity index is 2.14. The van der Waals surface area contributed by atoms with Gasteiger partial charge in [-0.25, -0.2) is 4.79 Å². The van der Waals surface area contributed by atoms with Crippen LogP contribution in [0.5, 0.6) is 0 Å². The Bertz CT molecular complexity index is 716. The van der Waals surface area contributed by atoms with Gasteiger partial charge in [0.05, 0.1) is 29.8 Å². The number of methoxy groups -OCH3 is 1. The van der Waals surface area contributed by atoms with Crippen molar-refractivity contribution in [3.8, 4) is 0 Å². The number of hydrogen-bond donors (Lipinski definition) is 2. The SMILES string of the molecule is COC(=O)c1ccc(Cl)c(NC(=O)Cc2ccccc2N)c1. The van der Waals surface area contributed by atoms with E-state index in [1.54, 1.807) is 18.2 Å². The molecule has 22 heavy (non-hydrogen) atoms. The lowest BCUT2D eigenvalue weighted by Crippen LogP contribution is -2.16. The number of hydrogen-bond acceptors (Lipinski definition) is 4. The zero-order chi connectivity index (χ0) is 16.1. The maximum Gasteiger partial charge on any atom is 0.337 e. The van der Waals surface area contributed by atoms with E-state index in [0.29, 0.717) is 22.0 Å². The number of esters is 1. The van der Waals surface area contributed by atoms with Crippen LogP contribution in [0.2, 0.25) is 5.02 Å². The van der Waals surface area contributed by atoms with E-state index in [-0.39, 0.29) is 12.3 Å². The number of ether oxygens (including phenoxy) is 1. The molecule has 2 aromatic carbocycles. The van der Waals surface area contributed by atoms with E-state index in [9.17, 15) is 9.59 Å². The van der Waals surface area contributed by atoms with Gasteiger partial charge in [-0.3, -0.25) is 4.79 Å². The van der Waals surface area contributed by atoms with E-state index in [4.69, 9.17) is 17.3 Å². The molecule has 114 valence electrons. The molecule has 0 atom stereocenters. The van der Waals surface area contributed by atoms with Gasteiger partial charge in [0.2, 0.25) is 5.91 Å². The molecule has 0 radical (unpaired) electrons. The Hall–Kier alpha value is -2.53. The zero-order valence-corrected chi connectivity index (χ0v) is 12.7. The molecule has 0 fully saturated rings. The van der Waals surface area contributed by atoms with Crippen molar-refractivity contribution in [2.24, 2.45) is 0 Å². The minimum Gasteiger partial charge on any atom is -0.465 e. The highest BCUT2D eigenvalue weighted by Crippen LogP contribution is 2.24. The van der Waals surface area contributed by atoms with Crippen LogP contribution >= 0.6 is 11.6 Å². The Kier molecular flexibility index (Phi) is 5.01. The Labute approximate surface area is 133 Å². The molecule has 0 heterocycles. The Morgan fingerprint density at radius 1 is 1.23 bits per heavy atom. The first-order valence-corrected chi connectivity index (χ1v) is 6.90. The van der Waals surface area contributed by atoms with E-state index in [1.165, 1.54) is 25.3 Å². The third-order valence-corrected chi connectivity index (χ3v) is 3.40. The molecule has 0 unspecified atom stereocenters. The highest BCUT2D eigenvalue weighted by molar-refractivity contribution is 6.33. The molecule has 0 saturated carbocycles. The van der Waals surface area contributed by atoms with Crippen molar-refractivity contribution in [3.05, 3.63) is 58.6 Å². The summed E-state index contributed by atoms with van der Waals surface area (Å²) in [5, 5.41) is 3.01. The summed E-state index contributed by atoms with van der Waals surface area (Å²) in [7, 11) is 1.29. The van der Waals surface area contributed by atoms with Crippen molar-refractivity contribution < 1.29 is 14.3 Å². The summed E-state index contributed by atoms with van der Waals surface area (Å²) in [6.45, 7) is 0. The van der Waals surface area contributed by atoms with Crippen molar-refractivity contribution in [3.63, 3.8) is 0 Å². The fraction of sp³-hybridized carbons (Fsp3) is 0.125. The Morgan fingerprint density at radius 3 is 2.64 bits per heavy atom. The average Bonchev–Trinajstić information content (AvgIpc) is 2.51. The van der Waals surface area contributed by atoms with Gasteiger partial charge < -0.3 is 15.8 Å². The van der Waals surface area contributed by atoms with Crippen LogP contribution in [0.4, 0.5) is 11.4 Å². The lowest BCUT2D eigenvalue weighted by atomic mass is 10.1. The van der Waals surface area contributed by atoms with Gasteiger partial charge in [-0.05, 0) is 29.8 Å². The van der Waals surface area contributed by atoms with Gasteiger partial charge in [0.15, 0.2) is 0 Å². The van der Waals surface area contributed by atoms with Gasteiger partial charge in [-0.15, -0.1) is 0 Å². The molecule has 0 aromatic heterocycles. The number of halogens is 1. The summed E-state index contributed by atoms with van der Waals surface area (Å²) < 4.78 is 4.64. The molecule has 0 saturated heterocycles. The number of para-hydroxylation sites is 1. The molecule has 1 amide bonds. The van der Waals surface area contributed by atoms with Gasteiger partial charge in [0.1, 0.15) is 0 Å². The molecule has 5 nitrogen and oxygen atoms in total. The van der Waals surface area contributed by atoms with Crippen LogP contribution in [0.1, 0.15) is 15.9 Å². The second-order valence-corrected chi connectivity index (χ2v) is 5.02. The average molecular weight is 319 g/mol. The number of nitrogens with two attached hydrogens (primary N) is 1. The first-order valence-electron chi connectivity index (χ1n) is 6.52. The van der Waals surface area contributed by atoms with Crippen LogP contribution in [0.25, 0.3) is 0 Å². The topological polar surface area (TPSA) is 81.4 Å². The van der Waals surface area contributed by atoms with Crippen molar-refractivity contribution in [1.29, 1.82) is 0 Å². The predicted octanol–water partition coefficient (Wildman–Crippen LogP) is 2.89. The lowest BCUT2D eigenvalue weighted by molar-refractivity contribution is -0.115. The number of benzene rings is 2. The monoisotopic (exact) mass is 318 g/mol. The van der Waals surface area contributed by atoms with E-state index in [0.717, 1.165) is 5.56 Å². The highest BCUT2D eigenvalue weighted by Gasteiger charge is 2.12. The van der Waals surface area contributed by atoms with Crippen LogP contribution in [-0.2, 0) is 16.0 Å². The summed E-state index contributed by atoms with van der Waals surface area (Å²) in [4.78, 5) is 23.6. The molecule has 0 spiro atoms. The zero-order valence-electron chi connectivity index (χ0n) is 11.9. The van der Waals surface area contributed by atoms with Crippen LogP contribution in [-0.4, -0.2) is 19.0 Å². The quantitative estimate of drug-likeness (QED) is 0.671. The minimum absolute atomic E-state index is 0.117. The number of carbonyl (C=O) groups excluding carboxylic acids is 2. The van der Waals surface area contributed by atoms with Gasteiger partial charge in [-0.1, -0.05) is 29.8 Å². The summed E-state index contributed by atoms with van der Waals surface area (Å²) in [5.74, 6) is -0.777. The maximum absolute atomic E-state index is 12.1. The standard InChI is InChI=1S/C16H15ClN2O3/c1-22-16(21)11-6-7-12(17)14(8-11)19-15(20)9-10-4-2-3-5-13(10)18/h2-8H,9,18H2,1H3,(H,19,20). The van der Waals surface area contributed by atoms with Crippen molar-refractivity contribution in [2.45, 2.75) is 6.42 Å². The molecule has 0 bridgehead atoms. The first-order chi connectivity index (χ1) is 10.5. The number of nitrogens with one attached hydrogen (secondary N) is 1. The second-order valence-electron chi connectivity index (χ2n) is 4.61. The number of rotatable bonds is 4. The molecule has 2 aromatic rings. The summed E-state index contributed by atoms with van der Waals surface area (Å²) >= 11 is 6.03. The molecular weight excluding hydrogens is 304 g/mol. The molecule has 0 aliphatic carbocycles. The molecule has 0 aliphatic heterocycles. The summed E-state index contributed by atoms with van der Waals surface area (Å²) in [6.07, 6.45) is 0.117. The van der Waals surface area contributed by atoms with E-state index >= 15 is 0 Å². The fourth-order valence-electron chi connectivity index (χ4n) is 1.93. The fourth-order valence-corrected chi connectivity index (χ4v) is 2.09. The molecule has 2 rings (SSSR count). The summed E-state index contributed by atoms with van der Waals surface area (Å²) in [5.41, 5.74) is 7.74. The number of carbonyl (C=O) groups is 2. The number of amides is 1. The minimum atomic E-state index is -0.500. The maximum atomic E-state index is 12.1. The van der Waals surface area contributed by atoms with Crippen LogP contribution < -0.4 is 11.1 Å². The molecule has 6 heteroatoms. The smallest absolute Gasteiger partial charge is 0.337 e. The number of nitrogen functional groups attached to an aromatic ring is 1. The first kappa shape index (κ1) is 15.9. The van der Waals surface area contributed by atoms with Gasteiger partial charge in [0.25, 0.3) is 0 Å². The third-order valence-electron chi connectivity index (χ3n) is 3.07. The van der Waals surface area contributed by atoms with Crippen molar-refractivity contribution in [2.75, 3.05) is 18.2 Å². The molecule has 0 aliphatic rings. The largest absolute Gasteiger partial charge is 0.465 e. The van der Waals surface area contributed by atoms with Gasteiger partial charge >= 0.3 is 5.97 Å².